The van der Waals surface area contributed by atoms with Crippen LogP contribution in [-0.4, -0.2) is 50.8 Å². The van der Waals surface area contributed by atoms with E-state index in [0.29, 0.717) is 31.9 Å². The molecule has 0 spiro atoms. The van der Waals surface area contributed by atoms with E-state index in [1.165, 1.54) is 0 Å². The Morgan fingerprint density at radius 1 is 1.27 bits per heavy atom. The van der Waals surface area contributed by atoms with Gasteiger partial charge < -0.3 is 19.2 Å². The zero-order valence-electron chi connectivity index (χ0n) is 15.4. The number of ether oxygens (including phenoxy) is 2. The fourth-order valence-electron chi connectivity index (χ4n) is 3.19. The number of aryl methyl sites for hydroxylation is 1. The van der Waals surface area contributed by atoms with Crippen LogP contribution < -0.4 is 5.32 Å². The van der Waals surface area contributed by atoms with Gasteiger partial charge in [-0.25, -0.2) is 0 Å². The van der Waals surface area contributed by atoms with Crippen LogP contribution in [0.15, 0.2) is 40.8 Å². The number of rotatable bonds is 7. The van der Waals surface area contributed by atoms with E-state index >= 15 is 0 Å². The van der Waals surface area contributed by atoms with Gasteiger partial charge in [0.2, 0.25) is 0 Å². The lowest BCUT2D eigenvalue weighted by Crippen LogP contribution is -2.43. The minimum absolute atomic E-state index is 0.00120. The molecule has 1 aromatic carbocycles. The molecule has 1 atom stereocenters. The molecule has 1 amide bonds. The van der Waals surface area contributed by atoms with E-state index in [2.05, 4.69) is 10.2 Å². The summed E-state index contributed by atoms with van der Waals surface area (Å²) < 4.78 is 16.4. The average molecular weight is 358 g/mol. The summed E-state index contributed by atoms with van der Waals surface area (Å²) >= 11 is 0. The Labute approximate surface area is 154 Å². The maximum atomic E-state index is 12.6. The first-order valence-corrected chi connectivity index (χ1v) is 8.91. The number of morpholine rings is 1. The Morgan fingerprint density at radius 2 is 2.08 bits per heavy atom. The SMILES string of the molecule is COCc1cccc(C(=O)NCC(c2ccc(C)o2)N2CCOCC2)c1. The van der Waals surface area contributed by atoms with Crippen LogP contribution in [0.5, 0.6) is 0 Å². The molecule has 1 unspecified atom stereocenters. The maximum absolute atomic E-state index is 12.6. The maximum Gasteiger partial charge on any atom is 0.251 e. The van der Waals surface area contributed by atoms with Crippen molar-refractivity contribution in [3.63, 3.8) is 0 Å². The molecule has 140 valence electrons. The van der Waals surface area contributed by atoms with E-state index < -0.39 is 0 Å². The second kappa shape index (κ2) is 8.98. The lowest BCUT2D eigenvalue weighted by Gasteiger charge is -2.33. The van der Waals surface area contributed by atoms with Crippen LogP contribution in [0.3, 0.4) is 0 Å². The summed E-state index contributed by atoms with van der Waals surface area (Å²) in [5.41, 5.74) is 1.61. The molecule has 0 saturated carbocycles. The monoisotopic (exact) mass is 358 g/mol. The molecule has 0 radical (unpaired) electrons. The van der Waals surface area contributed by atoms with Crippen LogP contribution >= 0.6 is 0 Å². The van der Waals surface area contributed by atoms with Crippen molar-refractivity contribution >= 4 is 5.91 Å². The van der Waals surface area contributed by atoms with Gasteiger partial charge in [0.05, 0.1) is 25.9 Å². The summed E-state index contributed by atoms with van der Waals surface area (Å²) in [6.07, 6.45) is 0. The van der Waals surface area contributed by atoms with Crippen LogP contribution in [0.25, 0.3) is 0 Å². The first-order chi connectivity index (χ1) is 12.7. The molecule has 1 N–H and O–H groups in total. The fraction of sp³-hybridized carbons (Fsp3) is 0.450. The fourth-order valence-corrected chi connectivity index (χ4v) is 3.19. The Bertz CT molecular complexity index is 722. The second-order valence-corrected chi connectivity index (χ2v) is 6.46. The summed E-state index contributed by atoms with van der Waals surface area (Å²) in [6, 6.07) is 11.4. The summed E-state index contributed by atoms with van der Waals surface area (Å²) in [4.78, 5) is 14.9. The van der Waals surface area contributed by atoms with E-state index in [1.807, 2.05) is 43.3 Å². The van der Waals surface area contributed by atoms with Gasteiger partial charge in [-0.3, -0.25) is 9.69 Å². The summed E-state index contributed by atoms with van der Waals surface area (Å²) in [5, 5.41) is 3.05. The van der Waals surface area contributed by atoms with Crippen LogP contribution in [0.1, 0.15) is 33.5 Å². The molecule has 2 heterocycles. The third-order valence-electron chi connectivity index (χ3n) is 4.53. The molecular weight excluding hydrogens is 332 g/mol. The number of nitrogens with zero attached hydrogens (tertiary/aromatic N) is 1. The highest BCUT2D eigenvalue weighted by molar-refractivity contribution is 5.94. The topological polar surface area (TPSA) is 63.9 Å². The molecule has 1 saturated heterocycles. The first-order valence-electron chi connectivity index (χ1n) is 8.91. The van der Waals surface area contributed by atoms with Gasteiger partial charge in [0, 0.05) is 32.3 Å². The van der Waals surface area contributed by atoms with Crippen LogP contribution in [0, 0.1) is 6.92 Å². The number of carbonyl (C=O) groups excluding carboxylic acids is 1. The molecule has 6 heteroatoms. The average Bonchev–Trinajstić information content (AvgIpc) is 3.09. The molecule has 0 aliphatic carbocycles. The Morgan fingerprint density at radius 3 is 2.77 bits per heavy atom. The summed E-state index contributed by atoms with van der Waals surface area (Å²) in [6.45, 7) is 5.95. The van der Waals surface area contributed by atoms with Gasteiger partial charge in [0.25, 0.3) is 5.91 Å². The third kappa shape index (κ3) is 4.72. The van der Waals surface area contributed by atoms with E-state index in [0.717, 1.165) is 30.2 Å². The lowest BCUT2D eigenvalue weighted by molar-refractivity contribution is 0.0117. The minimum Gasteiger partial charge on any atom is -0.465 e. The zero-order chi connectivity index (χ0) is 18.4. The summed E-state index contributed by atoms with van der Waals surface area (Å²) in [5.74, 6) is 1.65. The van der Waals surface area contributed by atoms with Gasteiger partial charge in [0.1, 0.15) is 11.5 Å². The van der Waals surface area contributed by atoms with E-state index in [9.17, 15) is 4.79 Å². The molecule has 6 nitrogen and oxygen atoms in total. The third-order valence-corrected chi connectivity index (χ3v) is 4.53. The number of amides is 1. The van der Waals surface area contributed by atoms with Crippen LogP contribution in [-0.2, 0) is 16.1 Å². The second-order valence-electron chi connectivity index (χ2n) is 6.46. The van der Waals surface area contributed by atoms with Crippen LogP contribution in [0.4, 0.5) is 0 Å². The quantitative estimate of drug-likeness (QED) is 0.824. The molecule has 1 aromatic heterocycles. The highest BCUT2D eigenvalue weighted by Gasteiger charge is 2.25. The molecular formula is C20H26N2O4. The highest BCUT2D eigenvalue weighted by Crippen LogP contribution is 2.23. The van der Waals surface area contributed by atoms with Crippen molar-refractivity contribution < 1.29 is 18.7 Å². The number of methoxy groups -OCH3 is 1. The van der Waals surface area contributed by atoms with Crippen LogP contribution in [0.2, 0.25) is 0 Å². The van der Waals surface area contributed by atoms with Crippen molar-refractivity contribution in [3.05, 3.63) is 59.0 Å². The predicted molar refractivity (Wildman–Crippen MR) is 98.1 cm³/mol. The van der Waals surface area contributed by atoms with E-state index in [-0.39, 0.29) is 11.9 Å². The number of furan rings is 1. The van der Waals surface area contributed by atoms with Crippen molar-refractivity contribution in [2.45, 2.75) is 19.6 Å². The number of nitrogens with one attached hydrogen (secondary N) is 1. The summed E-state index contributed by atoms with van der Waals surface area (Å²) in [7, 11) is 1.64. The Hall–Kier alpha value is -2.15. The smallest absolute Gasteiger partial charge is 0.251 e. The van der Waals surface area contributed by atoms with Gasteiger partial charge >= 0.3 is 0 Å². The van der Waals surface area contributed by atoms with Gasteiger partial charge in [0.15, 0.2) is 0 Å². The predicted octanol–water partition coefficient (Wildman–Crippen LogP) is 2.54. The zero-order valence-corrected chi connectivity index (χ0v) is 15.4. The van der Waals surface area contributed by atoms with E-state index in [1.54, 1.807) is 7.11 Å². The Kier molecular flexibility index (Phi) is 6.44. The largest absolute Gasteiger partial charge is 0.465 e. The lowest BCUT2D eigenvalue weighted by atomic mass is 10.1. The molecule has 1 fully saturated rings. The van der Waals surface area contributed by atoms with Gasteiger partial charge in [-0.2, -0.15) is 0 Å². The van der Waals surface area contributed by atoms with E-state index in [4.69, 9.17) is 13.9 Å². The number of hydrogen-bond acceptors (Lipinski definition) is 5. The molecule has 26 heavy (non-hydrogen) atoms. The van der Waals surface area contributed by atoms with Crippen molar-refractivity contribution in [1.82, 2.24) is 10.2 Å². The normalized spacial score (nSPS) is 16.4. The first kappa shape index (κ1) is 18.6. The van der Waals surface area contributed by atoms with Gasteiger partial charge in [-0.05, 0) is 36.8 Å². The molecule has 3 rings (SSSR count). The van der Waals surface area contributed by atoms with Crippen molar-refractivity contribution in [2.24, 2.45) is 0 Å². The molecule has 1 aliphatic heterocycles. The molecule has 0 bridgehead atoms. The molecule has 1 aliphatic rings. The van der Waals surface area contributed by atoms with Gasteiger partial charge in [-0.15, -0.1) is 0 Å². The number of benzene rings is 1. The number of hydrogen-bond donors (Lipinski definition) is 1. The minimum atomic E-state index is -0.0931. The van der Waals surface area contributed by atoms with Crippen molar-refractivity contribution in [1.29, 1.82) is 0 Å². The van der Waals surface area contributed by atoms with Crippen molar-refractivity contribution in [2.75, 3.05) is 40.0 Å². The standard InChI is InChI=1S/C20H26N2O4/c1-15-6-7-19(26-15)18(22-8-10-25-11-9-22)13-21-20(23)17-5-3-4-16(12-17)14-24-2/h3-7,12,18H,8-11,13-14H2,1-2H3,(H,21,23). The van der Waals surface area contributed by atoms with Gasteiger partial charge in [-0.1, -0.05) is 12.1 Å². The Balaban J connectivity index is 1.68. The molecule has 2 aromatic rings. The highest BCUT2D eigenvalue weighted by atomic mass is 16.5. The number of carbonyl (C=O) groups is 1. The van der Waals surface area contributed by atoms with Crippen molar-refractivity contribution in [3.8, 4) is 0 Å².